The maximum Gasteiger partial charge on any atom is 0.408 e. The minimum Gasteiger partial charge on any atom is -0.481 e. The van der Waals surface area contributed by atoms with E-state index >= 15 is 0 Å². The van der Waals surface area contributed by atoms with Crippen LogP contribution in [0.2, 0.25) is 0 Å². The number of nitrogens with zero attached hydrogens (tertiary/aromatic N) is 2. The van der Waals surface area contributed by atoms with Gasteiger partial charge in [0.25, 0.3) is 0 Å². The highest BCUT2D eigenvalue weighted by atomic mass is 16.6. The first-order chi connectivity index (χ1) is 10.0. The molecule has 0 unspecified atom stereocenters. The van der Waals surface area contributed by atoms with Crippen LogP contribution in [0.15, 0.2) is 0 Å². The number of aromatic nitrogens is 2. The van der Waals surface area contributed by atoms with Crippen LogP contribution >= 0.6 is 0 Å². The van der Waals surface area contributed by atoms with Gasteiger partial charge in [0.05, 0.1) is 18.2 Å². The number of hydrogen-bond acceptors (Lipinski definition) is 4. The number of carbonyl (C=O) groups is 2. The van der Waals surface area contributed by atoms with E-state index in [1.165, 1.54) is 0 Å². The van der Waals surface area contributed by atoms with Crippen molar-refractivity contribution >= 4 is 12.1 Å². The highest BCUT2D eigenvalue weighted by Gasteiger charge is 2.27. The Morgan fingerprint density at radius 3 is 2.36 bits per heavy atom. The van der Waals surface area contributed by atoms with Crippen molar-refractivity contribution in [1.82, 2.24) is 15.1 Å². The summed E-state index contributed by atoms with van der Waals surface area (Å²) in [5.74, 6) is -0.996. The van der Waals surface area contributed by atoms with Crippen LogP contribution < -0.4 is 5.32 Å². The van der Waals surface area contributed by atoms with Crippen LogP contribution in [0.5, 0.6) is 0 Å². The number of nitrogens with one attached hydrogen (secondary N) is 1. The van der Waals surface area contributed by atoms with Gasteiger partial charge in [0.2, 0.25) is 0 Å². The fraction of sp³-hybridized carbons (Fsp3) is 0.667. The van der Waals surface area contributed by atoms with E-state index < -0.39 is 23.7 Å². The van der Waals surface area contributed by atoms with Gasteiger partial charge in [-0.1, -0.05) is 0 Å². The van der Waals surface area contributed by atoms with Crippen molar-refractivity contribution in [3.63, 3.8) is 0 Å². The van der Waals surface area contributed by atoms with Crippen LogP contribution in [0, 0.1) is 13.8 Å². The normalized spacial score (nSPS) is 12.8. The topological polar surface area (TPSA) is 93.5 Å². The van der Waals surface area contributed by atoms with E-state index in [1.54, 1.807) is 32.4 Å². The van der Waals surface area contributed by atoms with Gasteiger partial charge in [-0.3, -0.25) is 9.48 Å². The summed E-state index contributed by atoms with van der Waals surface area (Å²) in [5.41, 5.74) is 1.65. The second-order valence-electron chi connectivity index (χ2n) is 6.20. The minimum atomic E-state index is -0.996. The average Bonchev–Trinajstić information content (AvgIpc) is 2.60. The molecule has 0 aliphatic rings. The summed E-state index contributed by atoms with van der Waals surface area (Å²) in [5, 5.41) is 16.1. The van der Waals surface area contributed by atoms with Crippen LogP contribution in [-0.4, -0.2) is 32.6 Å². The Balaban J connectivity index is 3.06. The molecule has 1 rings (SSSR count). The zero-order valence-electron chi connectivity index (χ0n) is 14.1. The first-order valence-corrected chi connectivity index (χ1v) is 7.30. The van der Waals surface area contributed by atoms with Gasteiger partial charge in [-0.25, -0.2) is 4.79 Å². The second-order valence-corrected chi connectivity index (χ2v) is 6.20. The molecule has 1 aromatic rings. The molecule has 1 atom stereocenters. The predicted octanol–water partition coefficient (Wildman–Crippen LogP) is 2.56. The molecule has 7 heteroatoms. The summed E-state index contributed by atoms with van der Waals surface area (Å²) in [7, 11) is 0. The highest BCUT2D eigenvalue weighted by molar-refractivity contribution is 5.72. The number of aliphatic carboxylic acids is 1. The monoisotopic (exact) mass is 311 g/mol. The average molecular weight is 311 g/mol. The van der Waals surface area contributed by atoms with Crippen molar-refractivity contribution in [3.05, 3.63) is 17.0 Å². The number of alkyl carbamates (subject to hydrolysis) is 1. The molecule has 0 radical (unpaired) electrons. The number of hydrogen-bond donors (Lipinski definition) is 2. The van der Waals surface area contributed by atoms with Crippen molar-refractivity contribution in [1.29, 1.82) is 0 Å². The highest BCUT2D eigenvalue weighted by Crippen LogP contribution is 2.25. The zero-order valence-corrected chi connectivity index (χ0v) is 14.1. The lowest BCUT2D eigenvalue weighted by molar-refractivity contribution is -0.137. The second kappa shape index (κ2) is 6.81. The number of carboxylic acids is 1. The molecule has 0 bridgehead atoms. The lowest BCUT2D eigenvalue weighted by Gasteiger charge is -2.23. The Labute approximate surface area is 130 Å². The van der Waals surface area contributed by atoms with Gasteiger partial charge >= 0.3 is 12.1 Å². The summed E-state index contributed by atoms with van der Waals surface area (Å²) < 4.78 is 7.00. The fourth-order valence-corrected chi connectivity index (χ4v) is 2.37. The van der Waals surface area contributed by atoms with Crippen molar-refractivity contribution < 1.29 is 19.4 Å². The molecule has 124 valence electrons. The van der Waals surface area contributed by atoms with Crippen molar-refractivity contribution in [3.8, 4) is 0 Å². The third kappa shape index (κ3) is 4.75. The lowest BCUT2D eigenvalue weighted by Crippen LogP contribution is -2.36. The Morgan fingerprint density at radius 2 is 1.95 bits per heavy atom. The smallest absolute Gasteiger partial charge is 0.408 e. The third-order valence-corrected chi connectivity index (χ3v) is 3.16. The molecule has 0 spiro atoms. The maximum absolute atomic E-state index is 12.0. The number of rotatable bonds is 5. The molecule has 1 heterocycles. The molecule has 0 fully saturated rings. The molecule has 0 saturated carbocycles. The van der Waals surface area contributed by atoms with E-state index in [0.717, 1.165) is 11.3 Å². The Hall–Kier alpha value is -2.05. The third-order valence-electron chi connectivity index (χ3n) is 3.16. The van der Waals surface area contributed by atoms with Crippen LogP contribution in [0.1, 0.15) is 57.1 Å². The van der Waals surface area contributed by atoms with Gasteiger partial charge < -0.3 is 15.2 Å². The molecule has 1 aromatic heterocycles. The SMILES string of the molecule is CCn1nc(C)c([C@@H](CC(=O)O)NC(=O)OC(C)(C)C)c1C. The summed E-state index contributed by atoms with van der Waals surface area (Å²) >= 11 is 0. The van der Waals surface area contributed by atoms with Crippen molar-refractivity contribution in [2.75, 3.05) is 0 Å². The van der Waals surface area contributed by atoms with Crippen molar-refractivity contribution in [2.45, 2.75) is 66.2 Å². The van der Waals surface area contributed by atoms with Crippen LogP contribution in [0.25, 0.3) is 0 Å². The molecular formula is C15H25N3O4. The predicted molar refractivity (Wildman–Crippen MR) is 81.7 cm³/mol. The number of carbonyl (C=O) groups excluding carboxylic acids is 1. The van der Waals surface area contributed by atoms with Crippen molar-refractivity contribution in [2.24, 2.45) is 0 Å². The fourth-order valence-electron chi connectivity index (χ4n) is 2.37. The van der Waals surface area contributed by atoms with Gasteiger partial charge in [-0.2, -0.15) is 5.10 Å². The number of aryl methyl sites for hydroxylation is 2. The van der Waals surface area contributed by atoms with Gasteiger partial charge in [0, 0.05) is 17.8 Å². The maximum atomic E-state index is 12.0. The molecule has 0 aromatic carbocycles. The Kier molecular flexibility index (Phi) is 5.57. The molecule has 0 aliphatic heterocycles. The summed E-state index contributed by atoms with van der Waals surface area (Å²) in [4.78, 5) is 23.1. The van der Waals surface area contributed by atoms with E-state index in [-0.39, 0.29) is 6.42 Å². The lowest BCUT2D eigenvalue weighted by atomic mass is 10.0. The molecule has 1 amide bonds. The van der Waals surface area contributed by atoms with E-state index in [4.69, 9.17) is 9.84 Å². The van der Waals surface area contributed by atoms with Gasteiger partial charge in [0.15, 0.2) is 0 Å². The summed E-state index contributed by atoms with van der Waals surface area (Å²) in [6.07, 6.45) is -0.863. The zero-order chi connectivity index (χ0) is 17.1. The number of amides is 1. The first-order valence-electron chi connectivity index (χ1n) is 7.30. The largest absolute Gasteiger partial charge is 0.481 e. The first kappa shape index (κ1) is 18.0. The summed E-state index contributed by atoms with van der Waals surface area (Å²) in [6.45, 7) is 11.6. The van der Waals surface area contributed by atoms with Gasteiger partial charge in [-0.05, 0) is 41.5 Å². The van der Waals surface area contributed by atoms with Crippen LogP contribution in [-0.2, 0) is 16.1 Å². The number of carboxylic acid groups (broad SMARTS) is 1. The Morgan fingerprint density at radius 1 is 1.36 bits per heavy atom. The molecule has 7 nitrogen and oxygen atoms in total. The van der Waals surface area contributed by atoms with Crippen LogP contribution in [0.4, 0.5) is 4.79 Å². The standard InChI is InChI=1S/C15H25N3O4/c1-7-18-10(3)13(9(2)17-18)11(8-12(19)20)16-14(21)22-15(4,5)6/h11H,7-8H2,1-6H3,(H,16,21)(H,19,20)/t11-/m1/s1. The Bertz CT molecular complexity index is 558. The quantitative estimate of drug-likeness (QED) is 0.871. The molecule has 0 aliphatic carbocycles. The minimum absolute atomic E-state index is 0.226. The van der Waals surface area contributed by atoms with E-state index in [2.05, 4.69) is 10.4 Å². The molecule has 2 N–H and O–H groups in total. The van der Waals surface area contributed by atoms with Gasteiger partial charge in [0.1, 0.15) is 5.60 Å². The number of ether oxygens (including phenoxy) is 1. The molecule has 22 heavy (non-hydrogen) atoms. The van der Waals surface area contributed by atoms with E-state index in [9.17, 15) is 9.59 Å². The van der Waals surface area contributed by atoms with E-state index in [1.807, 2.05) is 13.8 Å². The van der Waals surface area contributed by atoms with E-state index in [0.29, 0.717) is 12.2 Å². The molecule has 0 saturated heterocycles. The van der Waals surface area contributed by atoms with Gasteiger partial charge in [-0.15, -0.1) is 0 Å². The van der Waals surface area contributed by atoms with Crippen LogP contribution in [0.3, 0.4) is 0 Å². The molecular weight excluding hydrogens is 286 g/mol. The summed E-state index contributed by atoms with van der Waals surface area (Å²) in [6, 6.07) is -0.673.